The Balaban J connectivity index is 1.83. The van der Waals surface area contributed by atoms with Gasteiger partial charge in [-0.1, -0.05) is 19.0 Å². The van der Waals surface area contributed by atoms with Crippen LogP contribution in [0.2, 0.25) is 0 Å². The van der Waals surface area contributed by atoms with Gasteiger partial charge < -0.3 is 9.42 Å². The zero-order valence-corrected chi connectivity index (χ0v) is 12.8. The number of fused-ring (bicyclic) bond motifs is 1. The standard InChI is InChI=1S/C13H15N7O3/c1-7(2)10-17-9(18-23-10)5-19(3)11(21)8-4-14-13-15-6-16-20(13)12(8)22/h4,6-7H,5H2,1-3H3,(H,14,15,16). The highest BCUT2D eigenvalue weighted by molar-refractivity contribution is 5.93. The SMILES string of the molecule is CC(C)c1nc(CN(C)C(=O)c2cnc3nc[nH]n3c2=O)no1. The van der Waals surface area contributed by atoms with Crippen LogP contribution in [0.25, 0.3) is 5.78 Å². The van der Waals surface area contributed by atoms with Crippen molar-refractivity contribution in [3.63, 3.8) is 0 Å². The van der Waals surface area contributed by atoms with E-state index >= 15 is 0 Å². The molecule has 0 bridgehead atoms. The molecule has 1 amide bonds. The van der Waals surface area contributed by atoms with Crippen LogP contribution in [0, 0.1) is 0 Å². The molecule has 10 heteroatoms. The fourth-order valence-corrected chi connectivity index (χ4v) is 2.00. The van der Waals surface area contributed by atoms with Crippen LogP contribution in [-0.2, 0) is 6.54 Å². The molecule has 0 atom stereocenters. The third-order valence-corrected chi connectivity index (χ3v) is 3.24. The molecule has 0 saturated heterocycles. The second-order valence-electron chi connectivity index (χ2n) is 5.36. The first-order valence-electron chi connectivity index (χ1n) is 6.96. The van der Waals surface area contributed by atoms with Gasteiger partial charge in [-0.05, 0) is 0 Å². The lowest BCUT2D eigenvalue weighted by Crippen LogP contribution is -2.33. The van der Waals surface area contributed by atoms with Crippen LogP contribution < -0.4 is 5.56 Å². The fourth-order valence-electron chi connectivity index (χ4n) is 2.00. The Morgan fingerprint density at radius 1 is 1.43 bits per heavy atom. The van der Waals surface area contributed by atoms with Gasteiger partial charge in [0.05, 0.1) is 6.54 Å². The van der Waals surface area contributed by atoms with Crippen LogP contribution in [0.15, 0.2) is 21.8 Å². The Morgan fingerprint density at radius 2 is 2.22 bits per heavy atom. The molecule has 3 aromatic rings. The Labute approximate surface area is 130 Å². The zero-order chi connectivity index (χ0) is 16.6. The summed E-state index contributed by atoms with van der Waals surface area (Å²) in [6.07, 6.45) is 2.54. The van der Waals surface area contributed by atoms with E-state index in [2.05, 4.69) is 25.2 Å². The number of nitrogens with one attached hydrogen (secondary N) is 1. The lowest BCUT2D eigenvalue weighted by Gasteiger charge is -2.14. The van der Waals surface area contributed by atoms with E-state index in [9.17, 15) is 9.59 Å². The average Bonchev–Trinajstić information content (AvgIpc) is 3.16. The highest BCUT2D eigenvalue weighted by Crippen LogP contribution is 2.12. The van der Waals surface area contributed by atoms with Crippen LogP contribution in [-0.4, -0.2) is 47.6 Å². The van der Waals surface area contributed by atoms with E-state index in [1.807, 2.05) is 13.8 Å². The summed E-state index contributed by atoms with van der Waals surface area (Å²) in [5, 5.41) is 6.43. The lowest BCUT2D eigenvalue weighted by molar-refractivity contribution is 0.0778. The first kappa shape index (κ1) is 14.9. The molecule has 0 spiro atoms. The molecule has 23 heavy (non-hydrogen) atoms. The quantitative estimate of drug-likeness (QED) is 0.729. The normalized spacial score (nSPS) is 11.3. The molecule has 0 aliphatic rings. The van der Waals surface area contributed by atoms with Crippen molar-refractivity contribution in [2.45, 2.75) is 26.3 Å². The summed E-state index contributed by atoms with van der Waals surface area (Å²) in [4.78, 5) is 38.0. The van der Waals surface area contributed by atoms with Gasteiger partial charge in [-0.2, -0.15) is 9.50 Å². The van der Waals surface area contributed by atoms with Crippen LogP contribution in [0.3, 0.4) is 0 Å². The highest BCUT2D eigenvalue weighted by atomic mass is 16.5. The van der Waals surface area contributed by atoms with Gasteiger partial charge in [-0.3, -0.25) is 14.7 Å². The third-order valence-electron chi connectivity index (χ3n) is 3.24. The molecule has 0 saturated carbocycles. The predicted molar refractivity (Wildman–Crippen MR) is 77.8 cm³/mol. The summed E-state index contributed by atoms with van der Waals surface area (Å²) in [5.74, 6) is 0.701. The van der Waals surface area contributed by atoms with Crippen molar-refractivity contribution in [2.24, 2.45) is 0 Å². The number of nitrogens with zero attached hydrogens (tertiary/aromatic N) is 6. The molecule has 0 aliphatic heterocycles. The maximum Gasteiger partial charge on any atom is 0.286 e. The van der Waals surface area contributed by atoms with Gasteiger partial charge in [0.1, 0.15) is 11.9 Å². The monoisotopic (exact) mass is 317 g/mol. The minimum Gasteiger partial charge on any atom is -0.339 e. The third kappa shape index (κ3) is 2.70. The Hall–Kier alpha value is -3.04. The summed E-state index contributed by atoms with van der Waals surface area (Å²) in [7, 11) is 1.55. The van der Waals surface area contributed by atoms with Crippen LogP contribution in [0.1, 0.15) is 41.8 Å². The molecular formula is C13H15N7O3. The topological polar surface area (TPSA) is 122 Å². The summed E-state index contributed by atoms with van der Waals surface area (Å²) >= 11 is 0. The second-order valence-corrected chi connectivity index (χ2v) is 5.36. The molecule has 10 nitrogen and oxygen atoms in total. The van der Waals surface area contributed by atoms with Gasteiger partial charge in [0, 0.05) is 19.2 Å². The Kier molecular flexibility index (Phi) is 3.64. The van der Waals surface area contributed by atoms with Crippen molar-refractivity contribution in [2.75, 3.05) is 7.05 Å². The molecule has 3 heterocycles. The van der Waals surface area contributed by atoms with Gasteiger partial charge >= 0.3 is 0 Å². The van der Waals surface area contributed by atoms with Gasteiger partial charge in [0.2, 0.25) is 5.89 Å². The van der Waals surface area contributed by atoms with Gasteiger partial charge in [0.15, 0.2) is 5.82 Å². The molecule has 0 unspecified atom stereocenters. The number of carbonyl (C=O) groups excluding carboxylic acids is 1. The number of amides is 1. The first-order chi connectivity index (χ1) is 11.0. The smallest absolute Gasteiger partial charge is 0.286 e. The van der Waals surface area contributed by atoms with Crippen molar-refractivity contribution >= 4 is 11.7 Å². The number of aromatic amines is 1. The van der Waals surface area contributed by atoms with E-state index in [1.54, 1.807) is 7.05 Å². The summed E-state index contributed by atoms with van der Waals surface area (Å²) in [6, 6.07) is 0. The van der Waals surface area contributed by atoms with E-state index in [4.69, 9.17) is 4.52 Å². The first-order valence-corrected chi connectivity index (χ1v) is 6.96. The van der Waals surface area contributed by atoms with E-state index in [0.717, 1.165) is 4.52 Å². The Bertz CT molecular complexity index is 908. The number of H-pyrrole nitrogens is 1. The minimum atomic E-state index is -0.514. The van der Waals surface area contributed by atoms with Gasteiger partial charge in [-0.25, -0.2) is 9.97 Å². The fraction of sp³-hybridized carbons (Fsp3) is 0.385. The lowest BCUT2D eigenvalue weighted by atomic mass is 10.2. The van der Waals surface area contributed by atoms with Crippen molar-refractivity contribution in [3.05, 3.63) is 40.2 Å². The van der Waals surface area contributed by atoms with Crippen molar-refractivity contribution in [3.8, 4) is 0 Å². The molecule has 3 aromatic heterocycles. The summed E-state index contributed by atoms with van der Waals surface area (Å²) in [6.45, 7) is 3.98. The molecule has 0 radical (unpaired) electrons. The highest BCUT2D eigenvalue weighted by Gasteiger charge is 2.20. The van der Waals surface area contributed by atoms with Gasteiger partial charge in [0.25, 0.3) is 17.2 Å². The second kappa shape index (κ2) is 5.63. The zero-order valence-electron chi connectivity index (χ0n) is 12.8. The largest absolute Gasteiger partial charge is 0.339 e. The van der Waals surface area contributed by atoms with E-state index in [0.29, 0.717) is 11.7 Å². The number of carbonyl (C=O) groups is 1. The maximum atomic E-state index is 12.4. The van der Waals surface area contributed by atoms with Crippen LogP contribution in [0.4, 0.5) is 0 Å². The maximum absolute atomic E-state index is 12.4. The van der Waals surface area contributed by atoms with Gasteiger partial charge in [-0.15, -0.1) is 0 Å². The summed E-state index contributed by atoms with van der Waals surface area (Å²) in [5.41, 5.74) is -0.581. The Morgan fingerprint density at radius 3 is 2.91 bits per heavy atom. The van der Waals surface area contributed by atoms with Crippen LogP contribution in [0.5, 0.6) is 0 Å². The molecule has 0 aliphatic carbocycles. The van der Waals surface area contributed by atoms with Crippen LogP contribution >= 0.6 is 0 Å². The number of hydrogen-bond acceptors (Lipinski definition) is 7. The average molecular weight is 317 g/mol. The van der Waals surface area contributed by atoms with E-state index in [-0.39, 0.29) is 23.8 Å². The van der Waals surface area contributed by atoms with E-state index < -0.39 is 11.5 Å². The number of rotatable bonds is 4. The number of hydrogen-bond donors (Lipinski definition) is 1. The molecule has 1 N–H and O–H groups in total. The van der Waals surface area contributed by atoms with Crippen molar-refractivity contribution < 1.29 is 9.32 Å². The van der Waals surface area contributed by atoms with Crippen molar-refractivity contribution in [1.29, 1.82) is 0 Å². The van der Waals surface area contributed by atoms with Crippen molar-refractivity contribution in [1.82, 2.24) is 34.6 Å². The summed E-state index contributed by atoms with van der Waals surface area (Å²) < 4.78 is 6.20. The molecule has 0 aromatic carbocycles. The molecule has 120 valence electrons. The molecular weight excluding hydrogens is 302 g/mol. The van der Waals surface area contributed by atoms with E-state index in [1.165, 1.54) is 17.4 Å². The minimum absolute atomic E-state index is 0.0678. The number of aromatic nitrogens is 6. The molecule has 3 rings (SSSR count). The predicted octanol–water partition coefficient (Wildman–Crippen LogP) is 0.196. The molecule has 0 fully saturated rings.